The highest BCUT2D eigenvalue weighted by molar-refractivity contribution is 7.89. The van der Waals surface area contributed by atoms with Gasteiger partial charge >= 0.3 is 0 Å². The molecule has 2 N–H and O–H groups in total. The van der Waals surface area contributed by atoms with Gasteiger partial charge in [-0.25, -0.2) is 13.4 Å². The summed E-state index contributed by atoms with van der Waals surface area (Å²) in [4.78, 5) is 3.04. The molecule has 1 aliphatic heterocycles. The molecule has 1 saturated heterocycles. The molecule has 1 fully saturated rings. The van der Waals surface area contributed by atoms with Crippen LogP contribution in [0.3, 0.4) is 0 Å². The minimum Gasteiger partial charge on any atom is -0.313 e. The lowest BCUT2D eigenvalue weighted by atomic mass is 10.1. The average Bonchev–Trinajstić information content (AvgIpc) is 2.47. The van der Waals surface area contributed by atoms with Crippen molar-refractivity contribution in [1.29, 1.82) is 0 Å². The van der Waals surface area contributed by atoms with Crippen molar-refractivity contribution >= 4 is 10.0 Å². The van der Waals surface area contributed by atoms with Gasteiger partial charge in [0.15, 0.2) is 0 Å². The van der Waals surface area contributed by atoms with E-state index in [-0.39, 0.29) is 0 Å². The fraction of sp³-hybridized carbons (Fsp3) is 0.600. The van der Waals surface area contributed by atoms with E-state index in [0.29, 0.717) is 11.4 Å². The van der Waals surface area contributed by atoms with Crippen LogP contribution in [0.2, 0.25) is 0 Å². The molecule has 0 amide bonds. The number of nitrogens with one attached hydrogen (secondary N) is 2. The Balaban J connectivity index is 2.14. The molecule has 0 aliphatic carbocycles. The number of piperidine rings is 1. The molecule has 5 nitrogen and oxygen atoms in total. The summed E-state index contributed by atoms with van der Waals surface area (Å²) in [6.45, 7) is 7.16. The van der Waals surface area contributed by atoms with Crippen LogP contribution in [0, 0.1) is 6.92 Å². The topological polar surface area (TPSA) is 61.4 Å². The quantitative estimate of drug-likeness (QED) is 0.841. The highest BCUT2D eigenvalue weighted by Gasteiger charge is 2.20. The summed E-state index contributed by atoms with van der Waals surface area (Å²) in [7, 11) is -3.48. The van der Waals surface area contributed by atoms with Gasteiger partial charge in [-0.2, -0.15) is 0 Å². The van der Waals surface area contributed by atoms with Gasteiger partial charge in [-0.3, -0.25) is 0 Å². The van der Waals surface area contributed by atoms with Crippen LogP contribution in [-0.4, -0.2) is 33.1 Å². The van der Waals surface area contributed by atoms with E-state index in [2.05, 4.69) is 10.1 Å². The maximum Gasteiger partial charge on any atom is 0.253 e. The van der Waals surface area contributed by atoms with Crippen LogP contribution in [0.4, 0.5) is 0 Å². The van der Waals surface area contributed by atoms with Crippen LogP contribution < -0.4 is 10.1 Å². The van der Waals surface area contributed by atoms with E-state index in [9.17, 15) is 8.42 Å². The number of sulfonamides is 1. The lowest BCUT2D eigenvalue weighted by Crippen LogP contribution is -2.44. The van der Waals surface area contributed by atoms with Gasteiger partial charge in [-0.05, 0) is 49.6 Å². The van der Waals surface area contributed by atoms with Crippen LogP contribution in [0.1, 0.15) is 37.3 Å². The summed E-state index contributed by atoms with van der Waals surface area (Å²) in [6, 6.07) is 5.32. The van der Waals surface area contributed by atoms with E-state index in [1.165, 1.54) is 6.42 Å². The average molecular weight is 311 g/mol. The molecule has 1 heterocycles. The number of benzene rings is 1. The molecule has 0 radical (unpaired) electrons. The third-order valence-corrected chi connectivity index (χ3v) is 5.17. The summed E-state index contributed by atoms with van der Waals surface area (Å²) in [6.07, 6.45) is 3.26. The molecular formula is C15H25N3O2S. The van der Waals surface area contributed by atoms with Crippen LogP contribution in [-0.2, 0) is 16.6 Å². The Labute approximate surface area is 127 Å². The first-order valence-electron chi connectivity index (χ1n) is 7.60. The summed E-state index contributed by atoms with van der Waals surface area (Å²) < 4.78 is 24.9. The SMILES string of the molecule is CCNCc1cc(S(=O)(=O)NN2CCCCC2)ccc1C. The van der Waals surface area contributed by atoms with E-state index < -0.39 is 10.0 Å². The minimum atomic E-state index is -3.48. The van der Waals surface area contributed by atoms with Crippen molar-refractivity contribution in [3.05, 3.63) is 29.3 Å². The molecule has 21 heavy (non-hydrogen) atoms. The smallest absolute Gasteiger partial charge is 0.253 e. The van der Waals surface area contributed by atoms with Gasteiger partial charge in [-0.1, -0.05) is 19.4 Å². The predicted octanol–water partition coefficient (Wildman–Crippen LogP) is 1.78. The number of hydrogen-bond acceptors (Lipinski definition) is 4. The molecule has 0 bridgehead atoms. The van der Waals surface area contributed by atoms with Crippen molar-refractivity contribution in [2.24, 2.45) is 0 Å². The van der Waals surface area contributed by atoms with Crippen molar-refractivity contribution in [3.63, 3.8) is 0 Å². The van der Waals surface area contributed by atoms with Crippen molar-refractivity contribution in [2.75, 3.05) is 19.6 Å². The van der Waals surface area contributed by atoms with E-state index in [1.54, 1.807) is 12.1 Å². The second-order valence-electron chi connectivity index (χ2n) is 5.51. The monoisotopic (exact) mass is 311 g/mol. The Morgan fingerprint density at radius 3 is 2.57 bits per heavy atom. The van der Waals surface area contributed by atoms with Crippen LogP contribution >= 0.6 is 0 Å². The third kappa shape index (κ3) is 4.51. The highest BCUT2D eigenvalue weighted by atomic mass is 32.2. The van der Waals surface area contributed by atoms with Crippen molar-refractivity contribution < 1.29 is 8.42 Å². The van der Waals surface area contributed by atoms with E-state index >= 15 is 0 Å². The number of hydrogen-bond donors (Lipinski definition) is 2. The molecule has 0 unspecified atom stereocenters. The minimum absolute atomic E-state index is 0.339. The lowest BCUT2D eigenvalue weighted by molar-refractivity contribution is 0.200. The second-order valence-corrected chi connectivity index (χ2v) is 7.17. The summed E-state index contributed by atoms with van der Waals surface area (Å²) in [5, 5.41) is 5.05. The standard InChI is InChI=1S/C15H25N3O2S/c1-3-16-12-14-11-15(8-7-13(14)2)21(19,20)17-18-9-5-4-6-10-18/h7-8,11,16-17H,3-6,9-10,12H2,1-2H3. The fourth-order valence-corrected chi connectivity index (χ4v) is 3.65. The largest absolute Gasteiger partial charge is 0.313 e. The van der Waals surface area contributed by atoms with Gasteiger partial charge in [0.1, 0.15) is 0 Å². The van der Waals surface area contributed by atoms with Crippen LogP contribution in [0.5, 0.6) is 0 Å². The van der Waals surface area contributed by atoms with Crippen LogP contribution in [0.15, 0.2) is 23.1 Å². The number of nitrogens with zero attached hydrogens (tertiary/aromatic N) is 1. The fourth-order valence-electron chi connectivity index (χ4n) is 2.47. The lowest BCUT2D eigenvalue weighted by Gasteiger charge is -2.26. The molecule has 0 atom stereocenters. The molecule has 1 aromatic rings. The Morgan fingerprint density at radius 2 is 1.90 bits per heavy atom. The first-order chi connectivity index (χ1) is 10.0. The zero-order valence-corrected chi connectivity index (χ0v) is 13.7. The first-order valence-corrected chi connectivity index (χ1v) is 9.09. The molecule has 1 aromatic carbocycles. The maximum atomic E-state index is 12.5. The normalized spacial score (nSPS) is 17.0. The van der Waals surface area contributed by atoms with Crippen molar-refractivity contribution in [3.8, 4) is 0 Å². The Morgan fingerprint density at radius 1 is 1.19 bits per heavy atom. The Bertz CT molecular complexity index is 566. The number of hydrazine groups is 1. The summed E-state index contributed by atoms with van der Waals surface area (Å²) in [5.41, 5.74) is 2.13. The van der Waals surface area contributed by atoms with E-state index in [4.69, 9.17) is 0 Å². The predicted molar refractivity (Wildman–Crippen MR) is 84.3 cm³/mol. The van der Waals surface area contributed by atoms with Gasteiger partial charge < -0.3 is 5.32 Å². The maximum absolute atomic E-state index is 12.5. The molecule has 6 heteroatoms. The molecule has 2 rings (SSSR count). The van der Waals surface area contributed by atoms with Gasteiger partial charge in [0, 0.05) is 19.6 Å². The molecular weight excluding hydrogens is 286 g/mol. The zero-order chi connectivity index (χ0) is 15.3. The van der Waals surface area contributed by atoms with Crippen molar-refractivity contribution in [2.45, 2.75) is 44.6 Å². The highest BCUT2D eigenvalue weighted by Crippen LogP contribution is 2.17. The van der Waals surface area contributed by atoms with E-state index in [1.807, 2.05) is 24.9 Å². The van der Waals surface area contributed by atoms with Gasteiger partial charge in [0.05, 0.1) is 4.90 Å². The number of aryl methyl sites for hydroxylation is 1. The van der Waals surface area contributed by atoms with Gasteiger partial charge in [0.25, 0.3) is 10.0 Å². The Kier molecular flexibility index (Phi) is 5.75. The van der Waals surface area contributed by atoms with E-state index in [0.717, 1.165) is 43.6 Å². The van der Waals surface area contributed by atoms with Crippen molar-refractivity contribution in [1.82, 2.24) is 15.2 Å². The zero-order valence-electron chi connectivity index (χ0n) is 12.9. The molecule has 0 saturated carbocycles. The van der Waals surface area contributed by atoms with Gasteiger partial charge in [0.2, 0.25) is 0 Å². The first kappa shape index (κ1) is 16.4. The summed E-state index contributed by atoms with van der Waals surface area (Å²) >= 11 is 0. The second kappa shape index (κ2) is 7.35. The summed E-state index contributed by atoms with van der Waals surface area (Å²) in [5.74, 6) is 0. The Hall–Kier alpha value is -0.950. The molecule has 118 valence electrons. The molecule has 1 aliphatic rings. The molecule has 0 spiro atoms. The van der Waals surface area contributed by atoms with Gasteiger partial charge in [-0.15, -0.1) is 4.83 Å². The number of rotatable bonds is 6. The third-order valence-electron chi connectivity index (χ3n) is 3.80. The van der Waals surface area contributed by atoms with Crippen LogP contribution in [0.25, 0.3) is 0 Å². The molecule has 0 aromatic heterocycles.